The molecule has 1 N–H and O–H groups in total. The van der Waals surface area contributed by atoms with Gasteiger partial charge < -0.3 is 10.0 Å². The molecule has 5 heteroatoms. The second kappa shape index (κ2) is 4.99. The van der Waals surface area contributed by atoms with Gasteiger partial charge in [-0.05, 0) is 31.0 Å². The van der Waals surface area contributed by atoms with E-state index in [1.54, 1.807) is 26.0 Å². The number of carbonyl (C=O) groups is 2. The number of halogens is 1. The topological polar surface area (TPSA) is 57.6 Å². The second-order valence-electron chi connectivity index (χ2n) is 4.97. The van der Waals surface area contributed by atoms with Gasteiger partial charge in [0, 0.05) is 13.0 Å². The molecule has 0 saturated carbocycles. The maximum Gasteiger partial charge on any atom is 0.308 e. The predicted octanol–water partition coefficient (Wildman–Crippen LogP) is 2.13. The maximum atomic E-state index is 13.5. The molecule has 0 radical (unpaired) electrons. The molecule has 1 fully saturated rings. The zero-order valence-corrected chi connectivity index (χ0v) is 10.9. The van der Waals surface area contributed by atoms with E-state index in [0.717, 1.165) is 0 Å². The molecule has 0 spiro atoms. The smallest absolute Gasteiger partial charge is 0.308 e. The van der Waals surface area contributed by atoms with E-state index in [0.29, 0.717) is 11.1 Å². The number of amides is 1. The average molecular weight is 265 g/mol. The number of hydrogen-bond acceptors (Lipinski definition) is 2. The van der Waals surface area contributed by atoms with Crippen LogP contribution in [0.15, 0.2) is 18.2 Å². The maximum absolute atomic E-state index is 13.5. The SMILES string of the molecule is Cc1ccc(C(C)N2CC(C(=O)O)CC2=O)cc1F. The van der Waals surface area contributed by atoms with Crippen LogP contribution in [0.1, 0.15) is 30.5 Å². The summed E-state index contributed by atoms with van der Waals surface area (Å²) >= 11 is 0. The first-order valence-corrected chi connectivity index (χ1v) is 6.18. The van der Waals surface area contributed by atoms with Crippen LogP contribution in [0, 0.1) is 18.7 Å². The van der Waals surface area contributed by atoms with Crippen molar-refractivity contribution < 1.29 is 19.1 Å². The Morgan fingerprint density at radius 3 is 2.74 bits per heavy atom. The zero-order valence-electron chi connectivity index (χ0n) is 10.9. The van der Waals surface area contributed by atoms with E-state index in [1.807, 2.05) is 0 Å². The van der Waals surface area contributed by atoms with Crippen LogP contribution in [0.2, 0.25) is 0 Å². The lowest BCUT2D eigenvalue weighted by atomic mass is 10.0. The summed E-state index contributed by atoms with van der Waals surface area (Å²) in [5.41, 5.74) is 1.23. The minimum absolute atomic E-state index is 0.0218. The van der Waals surface area contributed by atoms with Crippen LogP contribution in [-0.2, 0) is 9.59 Å². The molecule has 0 bridgehead atoms. The number of carboxylic acid groups (broad SMARTS) is 1. The zero-order chi connectivity index (χ0) is 14.2. The molecule has 1 aliphatic rings. The van der Waals surface area contributed by atoms with Crippen molar-refractivity contribution in [1.29, 1.82) is 0 Å². The third-order valence-electron chi connectivity index (χ3n) is 3.65. The molecule has 1 saturated heterocycles. The minimum Gasteiger partial charge on any atom is -0.481 e. The molecule has 1 amide bonds. The van der Waals surface area contributed by atoms with Crippen molar-refractivity contribution in [2.45, 2.75) is 26.3 Å². The van der Waals surface area contributed by atoms with E-state index in [2.05, 4.69) is 0 Å². The average Bonchev–Trinajstić information content (AvgIpc) is 2.74. The fourth-order valence-electron chi connectivity index (χ4n) is 2.32. The largest absolute Gasteiger partial charge is 0.481 e. The van der Waals surface area contributed by atoms with E-state index >= 15 is 0 Å². The van der Waals surface area contributed by atoms with E-state index in [1.165, 1.54) is 11.0 Å². The molecule has 102 valence electrons. The van der Waals surface area contributed by atoms with Gasteiger partial charge in [0.05, 0.1) is 12.0 Å². The number of hydrogen-bond donors (Lipinski definition) is 1. The van der Waals surface area contributed by atoms with Gasteiger partial charge in [-0.15, -0.1) is 0 Å². The normalized spacial score (nSPS) is 20.7. The van der Waals surface area contributed by atoms with Crippen molar-refractivity contribution in [3.63, 3.8) is 0 Å². The van der Waals surface area contributed by atoms with Crippen molar-refractivity contribution in [2.75, 3.05) is 6.54 Å². The number of nitrogens with zero attached hydrogens (tertiary/aromatic N) is 1. The van der Waals surface area contributed by atoms with Gasteiger partial charge in [0.25, 0.3) is 0 Å². The Morgan fingerprint density at radius 2 is 2.21 bits per heavy atom. The molecular weight excluding hydrogens is 249 g/mol. The molecule has 4 nitrogen and oxygen atoms in total. The molecule has 0 aliphatic carbocycles. The van der Waals surface area contributed by atoms with Crippen LogP contribution in [-0.4, -0.2) is 28.4 Å². The quantitative estimate of drug-likeness (QED) is 0.910. The molecular formula is C14H16FNO3. The summed E-state index contributed by atoms with van der Waals surface area (Å²) in [6.07, 6.45) is 0.0218. The van der Waals surface area contributed by atoms with E-state index < -0.39 is 11.9 Å². The first-order chi connectivity index (χ1) is 8.90. The van der Waals surface area contributed by atoms with Crippen molar-refractivity contribution in [2.24, 2.45) is 5.92 Å². The number of aliphatic carboxylic acids is 1. The highest BCUT2D eigenvalue weighted by atomic mass is 19.1. The van der Waals surface area contributed by atoms with Crippen LogP contribution in [0.4, 0.5) is 4.39 Å². The number of carboxylic acids is 1. The summed E-state index contributed by atoms with van der Waals surface area (Å²) in [5, 5.41) is 8.94. The van der Waals surface area contributed by atoms with Crippen molar-refractivity contribution in [3.8, 4) is 0 Å². The molecule has 2 rings (SSSR count). The number of likely N-dealkylation sites (tertiary alicyclic amines) is 1. The minimum atomic E-state index is -0.960. The summed E-state index contributed by atoms with van der Waals surface area (Å²) in [4.78, 5) is 24.2. The summed E-state index contributed by atoms with van der Waals surface area (Å²) in [7, 11) is 0. The highest BCUT2D eigenvalue weighted by molar-refractivity contribution is 5.86. The van der Waals surface area contributed by atoms with E-state index in [9.17, 15) is 14.0 Å². The Labute approximate surface area is 110 Å². The van der Waals surface area contributed by atoms with Crippen molar-refractivity contribution in [1.82, 2.24) is 4.90 Å². The second-order valence-corrected chi connectivity index (χ2v) is 4.97. The standard InChI is InChI=1S/C14H16FNO3/c1-8-3-4-10(5-12(8)15)9(2)16-7-11(14(18)19)6-13(16)17/h3-5,9,11H,6-7H2,1-2H3,(H,18,19). The number of aryl methyl sites for hydroxylation is 1. The molecule has 19 heavy (non-hydrogen) atoms. The van der Waals surface area contributed by atoms with Crippen LogP contribution in [0.25, 0.3) is 0 Å². The summed E-state index contributed by atoms with van der Waals surface area (Å²) < 4.78 is 13.5. The number of benzene rings is 1. The summed E-state index contributed by atoms with van der Waals surface area (Å²) in [5.74, 6) is -2.13. The fraction of sp³-hybridized carbons (Fsp3) is 0.429. The van der Waals surface area contributed by atoms with Gasteiger partial charge in [0.15, 0.2) is 0 Å². The third kappa shape index (κ3) is 2.59. The monoisotopic (exact) mass is 265 g/mol. The van der Waals surface area contributed by atoms with Gasteiger partial charge in [-0.3, -0.25) is 9.59 Å². The van der Waals surface area contributed by atoms with Crippen LogP contribution in [0.5, 0.6) is 0 Å². The summed E-state index contributed by atoms with van der Waals surface area (Å²) in [6, 6.07) is 4.52. The molecule has 2 unspecified atom stereocenters. The van der Waals surface area contributed by atoms with Gasteiger partial charge in [0.1, 0.15) is 5.82 Å². The first-order valence-electron chi connectivity index (χ1n) is 6.18. The van der Waals surface area contributed by atoms with E-state index in [-0.39, 0.29) is 30.7 Å². The van der Waals surface area contributed by atoms with Crippen LogP contribution in [0.3, 0.4) is 0 Å². The Morgan fingerprint density at radius 1 is 1.53 bits per heavy atom. The molecule has 1 aromatic carbocycles. The first kappa shape index (κ1) is 13.5. The lowest BCUT2D eigenvalue weighted by molar-refractivity contribution is -0.141. The fourth-order valence-corrected chi connectivity index (χ4v) is 2.32. The van der Waals surface area contributed by atoms with Gasteiger partial charge >= 0.3 is 5.97 Å². The van der Waals surface area contributed by atoms with Crippen molar-refractivity contribution in [3.05, 3.63) is 35.1 Å². The van der Waals surface area contributed by atoms with Crippen LogP contribution < -0.4 is 0 Å². The van der Waals surface area contributed by atoms with E-state index in [4.69, 9.17) is 5.11 Å². The van der Waals surface area contributed by atoms with Crippen molar-refractivity contribution >= 4 is 11.9 Å². The Bertz CT molecular complexity index is 529. The summed E-state index contributed by atoms with van der Waals surface area (Å²) in [6.45, 7) is 3.64. The third-order valence-corrected chi connectivity index (χ3v) is 3.65. The van der Waals surface area contributed by atoms with Gasteiger partial charge in [-0.2, -0.15) is 0 Å². The Kier molecular flexibility index (Phi) is 3.55. The van der Waals surface area contributed by atoms with Gasteiger partial charge in [-0.25, -0.2) is 4.39 Å². The molecule has 1 heterocycles. The predicted molar refractivity (Wildman–Crippen MR) is 67.0 cm³/mol. The molecule has 0 aromatic heterocycles. The van der Waals surface area contributed by atoms with Gasteiger partial charge in [0.2, 0.25) is 5.91 Å². The lowest BCUT2D eigenvalue weighted by Gasteiger charge is -2.25. The van der Waals surface area contributed by atoms with Gasteiger partial charge in [-0.1, -0.05) is 12.1 Å². The highest BCUT2D eigenvalue weighted by Crippen LogP contribution is 2.29. The lowest BCUT2D eigenvalue weighted by Crippen LogP contribution is -2.29. The number of rotatable bonds is 3. The molecule has 2 atom stereocenters. The molecule has 1 aliphatic heterocycles. The van der Waals surface area contributed by atoms with Crippen LogP contribution >= 0.6 is 0 Å². The Balaban J connectivity index is 2.19. The highest BCUT2D eigenvalue weighted by Gasteiger charge is 2.36. The Hall–Kier alpha value is -1.91. The molecule has 1 aromatic rings. The number of carbonyl (C=O) groups excluding carboxylic acids is 1.